The molecule has 3 aliphatic rings. The van der Waals surface area contributed by atoms with Crippen molar-refractivity contribution in [2.24, 2.45) is 5.73 Å². The van der Waals surface area contributed by atoms with Gasteiger partial charge in [-0.1, -0.05) is 0 Å². The molecular weight excluding hydrogens is 670 g/mol. The molecule has 0 saturated carbocycles. The molecule has 53 heavy (non-hydrogen) atoms. The Kier molecular flexibility index (Phi) is 11.7. The molecule has 5 aromatic heterocycles. The molecule has 2 saturated heterocycles. The minimum absolute atomic E-state index is 0.0366. The molecule has 0 atom stereocenters. The van der Waals surface area contributed by atoms with Crippen molar-refractivity contribution in [2.45, 2.75) is 71.2 Å². The first-order valence-corrected chi connectivity index (χ1v) is 18.9. The van der Waals surface area contributed by atoms with E-state index in [9.17, 15) is 9.59 Å². The number of hydrogen-bond donors (Lipinski definition) is 2. The highest BCUT2D eigenvalue weighted by molar-refractivity contribution is 5.75. The van der Waals surface area contributed by atoms with Gasteiger partial charge in [-0.25, -0.2) is 4.98 Å². The van der Waals surface area contributed by atoms with Crippen LogP contribution in [0.4, 0.5) is 0 Å². The summed E-state index contributed by atoms with van der Waals surface area (Å²) in [7, 11) is 0. The second-order valence-electron chi connectivity index (χ2n) is 14.5. The normalized spacial score (nSPS) is 17.2. The van der Waals surface area contributed by atoms with Gasteiger partial charge in [-0.15, -0.1) is 0 Å². The number of aryl methyl sites for hydroxylation is 2. The van der Waals surface area contributed by atoms with E-state index in [2.05, 4.69) is 30.1 Å². The van der Waals surface area contributed by atoms with E-state index in [4.69, 9.17) is 15.2 Å². The number of likely N-dealkylation sites (tertiary alicyclic amines) is 2. The summed E-state index contributed by atoms with van der Waals surface area (Å²) in [6.07, 6.45) is 9.80. The smallest absolute Gasteiger partial charge is 0.257 e. The minimum atomic E-state index is 0.0366. The van der Waals surface area contributed by atoms with E-state index in [1.807, 2.05) is 65.8 Å². The lowest BCUT2D eigenvalue weighted by molar-refractivity contribution is 0.164. The average Bonchev–Trinajstić information content (AvgIpc) is 3.17. The summed E-state index contributed by atoms with van der Waals surface area (Å²) >= 11 is 0. The van der Waals surface area contributed by atoms with Gasteiger partial charge < -0.3 is 39.5 Å². The summed E-state index contributed by atoms with van der Waals surface area (Å²) in [6.45, 7) is 13.1. The molecule has 0 spiro atoms. The van der Waals surface area contributed by atoms with E-state index in [1.165, 1.54) is 0 Å². The van der Waals surface area contributed by atoms with Crippen LogP contribution in [0.15, 0.2) is 70.6 Å². The fourth-order valence-corrected chi connectivity index (χ4v) is 7.35. The number of piperidine rings is 2. The van der Waals surface area contributed by atoms with Gasteiger partial charge in [-0.2, -0.15) is 0 Å². The van der Waals surface area contributed by atoms with Crippen LogP contribution < -0.4 is 31.6 Å². The molecule has 13 heteroatoms. The van der Waals surface area contributed by atoms with Crippen molar-refractivity contribution in [3.8, 4) is 11.6 Å². The monoisotopic (exact) mass is 721 g/mol. The van der Waals surface area contributed by atoms with Crippen molar-refractivity contribution in [2.75, 3.05) is 52.5 Å². The van der Waals surface area contributed by atoms with Gasteiger partial charge in [0.2, 0.25) is 0 Å². The summed E-state index contributed by atoms with van der Waals surface area (Å²) in [5.41, 5.74) is 12.8. The molecule has 13 nitrogen and oxygen atoms in total. The maximum atomic E-state index is 12.5. The Morgan fingerprint density at radius 1 is 0.698 bits per heavy atom. The van der Waals surface area contributed by atoms with E-state index < -0.39 is 0 Å². The van der Waals surface area contributed by atoms with Crippen LogP contribution >= 0.6 is 0 Å². The third-order valence-electron chi connectivity index (χ3n) is 10.5. The highest BCUT2D eigenvalue weighted by Crippen LogP contribution is 2.28. The van der Waals surface area contributed by atoms with Crippen molar-refractivity contribution in [1.29, 1.82) is 0 Å². The van der Waals surface area contributed by atoms with Crippen molar-refractivity contribution < 1.29 is 9.47 Å². The van der Waals surface area contributed by atoms with E-state index >= 15 is 0 Å². The SMILES string of the molecule is Cc1cnc2ccc(=O)n(CCN3CCC(N)CC3)c2c1.Cc1cnc2ccc(=O)n(CCN3CCC(NCc4cnc5c(c4)OCCO5)CC3)c2c1. The van der Waals surface area contributed by atoms with Gasteiger partial charge in [-0.3, -0.25) is 19.6 Å². The van der Waals surface area contributed by atoms with Crippen LogP contribution in [-0.2, 0) is 19.6 Å². The fraction of sp³-hybridized carbons (Fsp3) is 0.475. The van der Waals surface area contributed by atoms with E-state index in [0.717, 1.165) is 116 Å². The summed E-state index contributed by atoms with van der Waals surface area (Å²) < 4.78 is 14.8. The quantitative estimate of drug-likeness (QED) is 0.231. The topological polar surface area (TPSA) is 146 Å². The first-order valence-electron chi connectivity index (χ1n) is 18.9. The number of nitrogens with one attached hydrogen (secondary N) is 1. The second-order valence-corrected chi connectivity index (χ2v) is 14.5. The summed E-state index contributed by atoms with van der Waals surface area (Å²) in [6, 6.07) is 13.8. The maximum Gasteiger partial charge on any atom is 0.257 e. The predicted molar refractivity (Wildman–Crippen MR) is 207 cm³/mol. The Balaban J connectivity index is 0.000000179. The average molecular weight is 722 g/mol. The van der Waals surface area contributed by atoms with Gasteiger partial charge in [0.25, 0.3) is 17.0 Å². The largest absolute Gasteiger partial charge is 0.484 e. The zero-order valence-corrected chi connectivity index (χ0v) is 30.9. The van der Waals surface area contributed by atoms with Crippen molar-refractivity contribution in [1.82, 2.24) is 39.2 Å². The van der Waals surface area contributed by atoms with E-state index in [0.29, 0.717) is 44.3 Å². The molecular formula is C40H51N9O4. The van der Waals surface area contributed by atoms with E-state index in [1.54, 1.807) is 18.2 Å². The lowest BCUT2D eigenvalue weighted by Gasteiger charge is -2.32. The molecule has 2 fully saturated rings. The van der Waals surface area contributed by atoms with E-state index in [-0.39, 0.29) is 11.1 Å². The number of hydrogen-bond acceptors (Lipinski definition) is 11. The number of nitrogens with two attached hydrogens (primary N) is 1. The highest BCUT2D eigenvalue weighted by Gasteiger charge is 2.20. The molecule has 0 amide bonds. The summed E-state index contributed by atoms with van der Waals surface area (Å²) in [5.74, 6) is 1.32. The molecule has 8 heterocycles. The Bertz CT molecular complexity index is 2140. The van der Waals surface area contributed by atoms with Gasteiger partial charge in [0.05, 0.1) is 22.1 Å². The lowest BCUT2D eigenvalue weighted by atomic mass is 10.0. The van der Waals surface area contributed by atoms with Crippen LogP contribution in [0.25, 0.3) is 22.1 Å². The van der Waals surface area contributed by atoms with Crippen LogP contribution in [0.2, 0.25) is 0 Å². The number of fused-ring (bicyclic) bond motifs is 3. The van der Waals surface area contributed by atoms with Gasteiger partial charge in [0, 0.05) is 75.5 Å². The van der Waals surface area contributed by atoms with Crippen LogP contribution in [-0.4, -0.2) is 98.5 Å². The second kappa shape index (κ2) is 17.0. The Morgan fingerprint density at radius 2 is 1.25 bits per heavy atom. The molecule has 8 rings (SSSR count). The predicted octanol–water partition coefficient (Wildman–Crippen LogP) is 3.25. The molecule has 0 bridgehead atoms. The number of rotatable bonds is 9. The molecule has 3 N–H and O–H groups in total. The highest BCUT2D eigenvalue weighted by atomic mass is 16.6. The Hall–Kier alpha value is -4.69. The van der Waals surface area contributed by atoms with Crippen LogP contribution in [0, 0.1) is 13.8 Å². The number of nitrogens with zero attached hydrogens (tertiary/aromatic N) is 7. The van der Waals surface area contributed by atoms with Crippen LogP contribution in [0.1, 0.15) is 42.4 Å². The summed E-state index contributed by atoms with van der Waals surface area (Å²) in [5, 5.41) is 3.65. The fourth-order valence-electron chi connectivity index (χ4n) is 7.35. The number of pyridine rings is 5. The first-order chi connectivity index (χ1) is 25.8. The van der Waals surface area contributed by atoms with Gasteiger partial charge in [-0.05, 0) is 113 Å². The molecule has 0 unspecified atom stereocenters. The third-order valence-corrected chi connectivity index (χ3v) is 10.5. The van der Waals surface area contributed by atoms with Crippen molar-refractivity contribution >= 4 is 22.1 Å². The van der Waals surface area contributed by atoms with Crippen LogP contribution in [0.3, 0.4) is 0 Å². The number of aromatic nitrogens is 5. The standard InChI is InChI=1S/C24H29N5O3.C16H22N4O/c1-17-12-21-20(26-14-17)2-3-23(30)29(21)9-8-28-6-4-19(5-7-28)25-15-18-13-22-24(27-16-18)32-11-10-31-22;1-12-10-15-14(18-11-12)2-3-16(21)20(15)9-8-19-6-4-13(17)5-7-19/h2-3,12-14,16,19,25H,4-11,15H2,1H3;2-3,10-11,13H,4-9,17H2,1H3. The molecule has 280 valence electrons. The van der Waals surface area contributed by atoms with Crippen molar-refractivity contribution in [3.63, 3.8) is 0 Å². The zero-order valence-electron chi connectivity index (χ0n) is 30.9. The third kappa shape index (κ3) is 9.28. The lowest BCUT2D eigenvalue weighted by Crippen LogP contribution is -2.43. The molecule has 5 aromatic rings. The maximum absolute atomic E-state index is 12.5. The number of ether oxygens (including phenoxy) is 2. The summed E-state index contributed by atoms with van der Waals surface area (Å²) in [4.78, 5) is 42.7. The molecule has 0 aliphatic carbocycles. The Labute approximate surface area is 309 Å². The van der Waals surface area contributed by atoms with Gasteiger partial charge in [0.1, 0.15) is 13.2 Å². The molecule has 3 aliphatic heterocycles. The Morgan fingerprint density at radius 3 is 1.83 bits per heavy atom. The first kappa shape index (κ1) is 36.7. The molecule has 0 radical (unpaired) electrons. The van der Waals surface area contributed by atoms with Gasteiger partial charge in [0.15, 0.2) is 5.75 Å². The van der Waals surface area contributed by atoms with Crippen molar-refractivity contribution in [3.05, 3.63) is 98.5 Å². The molecule has 0 aromatic carbocycles. The zero-order chi connectivity index (χ0) is 36.7. The van der Waals surface area contributed by atoms with Gasteiger partial charge >= 0.3 is 0 Å². The van der Waals surface area contributed by atoms with Crippen LogP contribution in [0.5, 0.6) is 11.6 Å². The minimum Gasteiger partial charge on any atom is -0.484 e.